The van der Waals surface area contributed by atoms with Crippen molar-refractivity contribution in [1.29, 1.82) is 0 Å². The molecule has 1 aliphatic carbocycles. The van der Waals surface area contributed by atoms with Gasteiger partial charge in [-0.15, -0.1) is 0 Å². The zero-order valence-electron chi connectivity index (χ0n) is 19.2. The van der Waals surface area contributed by atoms with E-state index in [1.54, 1.807) is 0 Å². The van der Waals surface area contributed by atoms with E-state index >= 15 is 0 Å². The van der Waals surface area contributed by atoms with Crippen LogP contribution in [0.5, 0.6) is 0 Å². The van der Waals surface area contributed by atoms with Gasteiger partial charge >= 0.3 is 13.1 Å². The van der Waals surface area contributed by atoms with Gasteiger partial charge in [-0.3, -0.25) is 4.79 Å². The quantitative estimate of drug-likeness (QED) is 0.124. The van der Waals surface area contributed by atoms with Crippen molar-refractivity contribution in [3.63, 3.8) is 0 Å². The number of nitrogens with zero attached hydrogens (tertiary/aromatic N) is 3. The van der Waals surface area contributed by atoms with Crippen LogP contribution in [0.1, 0.15) is 71.8 Å². The molecule has 2 aliphatic rings. The molecule has 0 spiro atoms. The molecule has 0 bridgehead atoms. The summed E-state index contributed by atoms with van der Waals surface area (Å²) < 4.78 is 17.9. The van der Waals surface area contributed by atoms with Crippen LogP contribution in [-0.4, -0.2) is 30.3 Å². The third-order valence-electron chi connectivity index (χ3n) is 7.09. The summed E-state index contributed by atoms with van der Waals surface area (Å²) >= 11 is 0. The van der Waals surface area contributed by atoms with Gasteiger partial charge in [0.1, 0.15) is 6.61 Å². The summed E-state index contributed by atoms with van der Waals surface area (Å²) in [5, 5.41) is 3.88. The molecule has 1 saturated heterocycles. The highest BCUT2D eigenvalue weighted by Gasteiger charge is 2.51. The molecule has 0 radical (unpaired) electrons. The zero-order chi connectivity index (χ0) is 22.5. The van der Waals surface area contributed by atoms with Gasteiger partial charge in [-0.2, -0.15) is 0 Å². The number of benzene rings is 1. The molecule has 2 fully saturated rings. The number of unbranched alkanes of at least 4 members (excludes halogenated alkanes) is 1. The largest absolute Gasteiger partial charge is 0.460 e. The molecule has 0 unspecified atom stereocenters. The van der Waals surface area contributed by atoms with Gasteiger partial charge in [0.05, 0.1) is 16.6 Å². The highest BCUT2D eigenvalue weighted by atomic mass is 16.7. The van der Waals surface area contributed by atoms with Crippen molar-refractivity contribution in [1.82, 2.24) is 0 Å². The Hall–Kier alpha value is -2.02. The number of hydrogen-bond donors (Lipinski definition) is 0. The Morgan fingerprint density at radius 1 is 1.19 bits per heavy atom. The second kappa shape index (κ2) is 9.64. The molecule has 1 saturated carbocycles. The number of azide groups is 1. The fourth-order valence-electron chi connectivity index (χ4n) is 4.52. The third kappa shape index (κ3) is 5.62. The molecule has 0 aromatic heterocycles. The predicted octanol–water partition coefficient (Wildman–Crippen LogP) is 5.84. The van der Waals surface area contributed by atoms with E-state index in [2.05, 4.69) is 37.7 Å². The Kier molecular flexibility index (Phi) is 7.35. The van der Waals surface area contributed by atoms with Gasteiger partial charge in [0.2, 0.25) is 0 Å². The molecule has 1 aromatic carbocycles. The van der Waals surface area contributed by atoms with Crippen molar-refractivity contribution in [2.75, 3.05) is 0 Å². The Morgan fingerprint density at radius 2 is 1.87 bits per heavy atom. The first-order chi connectivity index (χ1) is 14.7. The van der Waals surface area contributed by atoms with Gasteiger partial charge in [-0.25, -0.2) is 0 Å². The Labute approximate surface area is 185 Å². The Bertz CT molecular complexity index is 794. The first-order valence-corrected chi connectivity index (χ1v) is 11.3. The summed E-state index contributed by atoms with van der Waals surface area (Å²) in [6.45, 7) is 8.48. The number of hydrogen-bond acceptors (Lipinski definition) is 5. The van der Waals surface area contributed by atoms with E-state index in [0.29, 0.717) is 12.8 Å². The van der Waals surface area contributed by atoms with Crippen LogP contribution in [0, 0.1) is 5.41 Å². The minimum Gasteiger partial charge on any atom is -0.460 e. The highest BCUT2D eigenvalue weighted by molar-refractivity contribution is 6.45. The van der Waals surface area contributed by atoms with Gasteiger partial charge in [-0.05, 0) is 70.8 Å². The van der Waals surface area contributed by atoms with Crippen LogP contribution >= 0.6 is 0 Å². The van der Waals surface area contributed by atoms with Crippen LogP contribution in [-0.2, 0) is 25.4 Å². The maximum Gasteiger partial charge on any atom is 0.457 e. The lowest BCUT2D eigenvalue weighted by molar-refractivity contribution is -0.157. The fraction of sp³-hybridized carbons (Fsp3) is 0.696. The normalized spacial score (nSPS) is 26.5. The number of esters is 1. The molecular formula is C23H34BN3O4. The molecule has 1 heterocycles. The zero-order valence-corrected chi connectivity index (χ0v) is 19.2. The van der Waals surface area contributed by atoms with Crippen LogP contribution in [0.25, 0.3) is 10.4 Å². The van der Waals surface area contributed by atoms with Crippen molar-refractivity contribution < 1.29 is 18.8 Å². The average Bonchev–Trinajstić information content (AvgIpc) is 3.22. The van der Waals surface area contributed by atoms with Crippen LogP contribution < -0.4 is 0 Å². The monoisotopic (exact) mass is 427 g/mol. The van der Waals surface area contributed by atoms with Gasteiger partial charge < -0.3 is 14.0 Å². The van der Waals surface area contributed by atoms with E-state index < -0.39 is 5.41 Å². The standard InChI is InChI=1S/C23H34BN3O4/c1-21(2)22(3,4)31-24(30-21)15-9-8-13-23(14-12-19(16-23)26-27-25)20(28)29-17-18-10-6-5-7-11-18/h5-7,10-11,19H,8-9,12-17H2,1-4H3/t19-,23-/m1/s1. The second-order valence-electron chi connectivity index (χ2n) is 9.88. The lowest BCUT2D eigenvalue weighted by Crippen LogP contribution is -2.41. The van der Waals surface area contributed by atoms with Gasteiger partial charge in [0, 0.05) is 11.0 Å². The molecule has 1 aliphatic heterocycles. The van der Waals surface area contributed by atoms with E-state index in [1.165, 1.54) is 0 Å². The van der Waals surface area contributed by atoms with E-state index in [9.17, 15) is 4.79 Å². The summed E-state index contributed by atoms with van der Waals surface area (Å²) in [5.41, 5.74) is 8.56. The number of carbonyl (C=O) groups is 1. The van der Waals surface area contributed by atoms with Crippen molar-refractivity contribution in [2.45, 2.75) is 96.4 Å². The topological polar surface area (TPSA) is 93.5 Å². The summed E-state index contributed by atoms with van der Waals surface area (Å²) in [6, 6.07) is 9.56. The SMILES string of the molecule is CC1(C)OB(CCCC[C@@]2(C(=O)OCc3ccccc3)CC[C@@H](N=[N+]=[N-])C2)OC1(C)C. The molecule has 3 rings (SSSR count). The molecule has 1 aromatic rings. The molecular weight excluding hydrogens is 393 g/mol. The molecule has 0 N–H and O–H groups in total. The average molecular weight is 427 g/mol. The van der Waals surface area contributed by atoms with Crippen LogP contribution in [0.3, 0.4) is 0 Å². The first-order valence-electron chi connectivity index (χ1n) is 11.3. The minimum absolute atomic E-state index is 0.141. The predicted molar refractivity (Wildman–Crippen MR) is 120 cm³/mol. The fourth-order valence-corrected chi connectivity index (χ4v) is 4.52. The number of ether oxygens (including phenoxy) is 1. The summed E-state index contributed by atoms with van der Waals surface area (Å²) in [7, 11) is -0.217. The smallest absolute Gasteiger partial charge is 0.457 e. The van der Waals surface area contributed by atoms with E-state index in [-0.39, 0.29) is 36.9 Å². The first kappa shape index (κ1) is 23.6. The molecule has 31 heavy (non-hydrogen) atoms. The van der Waals surface area contributed by atoms with Crippen LogP contribution in [0.4, 0.5) is 0 Å². The van der Waals surface area contributed by atoms with Crippen molar-refractivity contribution >= 4 is 13.1 Å². The van der Waals surface area contributed by atoms with Crippen molar-refractivity contribution in [2.24, 2.45) is 10.5 Å². The van der Waals surface area contributed by atoms with Crippen LogP contribution in [0.2, 0.25) is 6.32 Å². The summed E-state index contributed by atoms with van der Waals surface area (Å²) in [5.74, 6) is -0.178. The summed E-state index contributed by atoms with van der Waals surface area (Å²) in [6.07, 6.45) is 5.26. The van der Waals surface area contributed by atoms with Gasteiger partial charge in [0.15, 0.2) is 0 Å². The van der Waals surface area contributed by atoms with Crippen molar-refractivity contribution in [3.8, 4) is 0 Å². The van der Waals surface area contributed by atoms with E-state index in [4.69, 9.17) is 19.6 Å². The maximum absolute atomic E-state index is 13.1. The molecule has 8 heteroatoms. The van der Waals surface area contributed by atoms with Gasteiger partial charge in [0.25, 0.3) is 0 Å². The lowest BCUT2D eigenvalue weighted by Gasteiger charge is -2.32. The van der Waals surface area contributed by atoms with Crippen LogP contribution in [0.15, 0.2) is 35.4 Å². The van der Waals surface area contributed by atoms with E-state index in [0.717, 1.165) is 37.6 Å². The van der Waals surface area contributed by atoms with E-state index in [1.807, 2.05) is 30.3 Å². The number of carbonyl (C=O) groups excluding carboxylic acids is 1. The maximum atomic E-state index is 13.1. The summed E-state index contributed by atoms with van der Waals surface area (Å²) in [4.78, 5) is 16.1. The minimum atomic E-state index is -0.580. The lowest BCUT2D eigenvalue weighted by atomic mass is 9.77. The molecule has 168 valence electrons. The Morgan fingerprint density at radius 3 is 2.52 bits per heavy atom. The highest BCUT2D eigenvalue weighted by Crippen LogP contribution is 2.45. The molecule has 7 nitrogen and oxygen atoms in total. The van der Waals surface area contributed by atoms with Crippen molar-refractivity contribution in [3.05, 3.63) is 46.3 Å². The second-order valence-corrected chi connectivity index (χ2v) is 9.88. The Balaban J connectivity index is 1.55. The molecule has 0 amide bonds. The number of rotatable bonds is 9. The third-order valence-corrected chi connectivity index (χ3v) is 7.09. The molecule has 2 atom stereocenters. The van der Waals surface area contributed by atoms with Gasteiger partial charge in [-0.1, -0.05) is 48.3 Å².